The predicted octanol–water partition coefficient (Wildman–Crippen LogP) is 5.43. The molecule has 4 nitrogen and oxygen atoms in total. The monoisotopic (exact) mass is 758 g/mol. The summed E-state index contributed by atoms with van der Waals surface area (Å²) in [4.78, 5) is 0. The molecule has 0 aliphatic carbocycles. The molecule has 246 valence electrons. The number of nitrogens with zero attached hydrogens (tertiary/aromatic N) is 1. The molecule has 3 heterocycles. The van der Waals surface area contributed by atoms with Crippen LogP contribution in [0.15, 0.2) is 102 Å². The van der Waals surface area contributed by atoms with E-state index >= 15 is 0 Å². The van der Waals surface area contributed by atoms with Gasteiger partial charge in [0.05, 0.1) is 29.3 Å². The number of nitrogens with one attached hydrogen (secondary N) is 2. The highest BCUT2D eigenvalue weighted by Gasteiger charge is 2.38. The summed E-state index contributed by atoms with van der Waals surface area (Å²) >= 11 is 15.2. The van der Waals surface area contributed by atoms with Crippen molar-refractivity contribution >= 4 is 39.1 Å². The van der Waals surface area contributed by atoms with E-state index in [1.807, 2.05) is 24.5 Å². The van der Waals surface area contributed by atoms with Crippen LogP contribution in [-0.2, 0) is 10.8 Å². The van der Waals surface area contributed by atoms with E-state index < -0.39 is 0 Å². The number of rotatable bonds is 5. The Morgan fingerprint density at radius 1 is 0.660 bits per heavy atom. The molecule has 0 unspecified atom stereocenters. The molecule has 0 saturated carbocycles. The van der Waals surface area contributed by atoms with E-state index in [0.717, 1.165) is 78.6 Å². The Labute approximate surface area is 299 Å². The topological polar surface area (TPSA) is 57.3 Å². The second-order valence-corrected chi connectivity index (χ2v) is 13.8. The van der Waals surface area contributed by atoms with E-state index in [-0.39, 0.29) is 44.9 Å². The minimum atomic E-state index is -0.355. The number of H-pyrrole nitrogens is 1. The summed E-state index contributed by atoms with van der Waals surface area (Å²) in [5, 5.41) is 12.9. The van der Waals surface area contributed by atoms with Crippen molar-refractivity contribution in [3.8, 4) is 11.1 Å². The van der Waals surface area contributed by atoms with E-state index in [9.17, 15) is 8.78 Å². The zero-order chi connectivity index (χ0) is 32.1. The molecule has 0 bridgehead atoms. The Balaban J connectivity index is 0.000000183. The highest BCUT2D eigenvalue weighted by atomic mass is 79.9. The second kappa shape index (κ2) is 15.6. The van der Waals surface area contributed by atoms with Gasteiger partial charge in [0, 0.05) is 39.9 Å². The van der Waals surface area contributed by atoms with Crippen molar-refractivity contribution in [2.75, 3.05) is 26.2 Å². The predicted molar refractivity (Wildman–Crippen MR) is 186 cm³/mol. The Bertz CT molecular complexity index is 1750. The van der Waals surface area contributed by atoms with E-state index in [2.05, 4.69) is 85.3 Å². The van der Waals surface area contributed by atoms with Crippen LogP contribution in [-0.4, -0.2) is 36.4 Å². The average Bonchev–Trinajstić information content (AvgIpc) is 3.64. The third kappa shape index (κ3) is 7.61. The number of piperidine rings is 2. The molecule has 0 amide bonds. The summed E-state index contributed by atoms with van der Waals surface area (Å²) in [6.45, 7) is 3.93. The van der Waals surface area contributed by atoms with Crippen molar-refractivity contribution in [3.05, 3.63) is 146 Å². The molecule has 1 aromatic heterocycles. The molecule has 5 aromatic rings. The Hall–Kier alpha value is -2.78. The van der Waals surface area contributed by atoms with Crippen LogP contribution in [0.5, 0.6) is 0 Å². The maximum atomic E-state index is 14.1. The van der Waals surface area contributed by atoms with Crippen LogP contribution in [0, 0.1) is 11.6 Å². The van der Waals surface area contributed by atoms with Crippen LogP contribution in [0.1, 0.15) is 47.9 Å². The third-order valence-electron chi connectivity index (χ3n) is 9.62. The number of quaternary nitrogens is 1. The molecule has 2 saturated heterocycles. The fourth-order valence-corrected chi connectivity index (χ4v) is 7.55. The van der Waals surface area contributed by atoms with E-state index in [1.54, 1.807) is 24.3 Å². The van der Waals surface area contributed by atoms with Crippen LogP contribution in [0.2, 0.25) is 10.0 Å². The van der Waals surface area contributed by atoms with Gasteiger partial charge >= 0.3 is 0 Å². The minimum absolute atomic E-state index is 0. The smallest absolute Gasteiger partial charge is 0.142 e. The minimum Gasteiger partial charge on any atom is -1.00 e. The molecule has 47 heavy (non-hydrogen) atoms. The fourth-order valence-electron chi connectivity index (χ4n) is 7.05. The molecule has 7 rings (SSSR count). The first-order chi connectivity index (χ1) is 22.3. The van der Waals surface area contributed by atoms with Crippen LogP contribution in [0.4, 0.5) is 8.78 Å². The van der Waals surface area contributed by atoms with Crippen LogP contribution < -0.4 is 23.0 Å². The van der Waals surface area contributed by atoms with Gasteiger partial charge in [-0.15, -0.1) is 0 Å². The van der Waals surface area contributed by atoms with E-state index in [0.29, 0.717) is 0 Å². The van der Waals surface area contributed by atoms with Crippen LogP contribution in [0.25, 0.3) is 11.1 Å². The molecule has 4 aromatic carbocycles. The number of hydrogen-bond donors (Lipinski definition) is 3. The van der Waals surface area contributed by atoms with Crippen LogP contribution >= 0.6 is 39.1 Å². The van der Waals surface area contributed by atoms with Gasteiger partial charge in [-0.3, -0.25) is 5.10 Å². The van der Waals surface area contributed by atoms with Crippen molar-refractivity contribution in [3.63, 3.8) is 0 Å². The molecule has 0 radical (unpaired) electrons. The lowest BCUT2D eigenvalue weighted by molar-refractivity contribution is -0.665. The largest absolute Gasteiger partial charge is 1.00 e. The quantitative estimate of drug-likeness (QED) is 0.224. The van der Waals surface area contributed by atoms with Crippen molar-refractivity contribution < 1.29 is 26.5 Å². The van der Waals surface area contributed by atoms with Gasteiger partial charge in [0.15, 0.2) is 0 Å². The summed E-state index contributed by atoms with van der Waals surface area (Å²) in [7, 11) is 0. The summed E-state index contributed by atoms with van der Waals surface area (Å²) in [6, 6.07) is 27.4. The van der Waals surface area contributed by atoms with Gasteiger partial charge in [-0.25, -0.2) is 8.78 Å². The van der Waals surface area contributed by atoms with Crippen molar-refractivity contribution in [2.45, 2.75) is 36.5 Å². The van der Waals surface area contributed by atoms with Crippen molar-refractivity contribution in [2.24, 2.45) is 0 Å². The summed E-state index contributed by atoms with van der Waals surface area (Å²) in [5.74, 6) is -0.688. The number of aromatic amines is 1. The van der Waals surface area contributed by atoms with Gasteiger partial charge in [-0.05, 0) is 90.1 Å². The molecular weight excluding hydrogens is 725 g/mol. The van der Waals surface area contributed by atoms with Gasteiger partial charge in [0.1, 0.15) is 11.6 Å². The van der Waals surface area contributed by atoms with Gasteiger partial charge in [-0.1, -0.05) is 87.7 Å². The van der Waals surface area contributed by atoms with Gasteiger partial charge in [0.25, 0.3) is 0 Å². The lowest BCUT2D eigenvalue weighted by Gasteiger charge is -2.39. The first kappa shape index (κ1) is 35.5. The average molecular weight is 761 g/mol. The Kier molecular flexibility index (Phi) is 11.8. The summed E-state index contributed by atoms with van der Waals surface area (Å²) in [5.41, 5.74) is 6.36. The van der Waals surface area contributed by atoms with Gasteiger partial charge < -0.3 is 23.0 Å². The van der Waals surface area contributed by atoms with Gasteiger partial charge in [-0.2, -0.15) is 5.10 Å². The van der Waals surface area contributed by atoms with Crippen LogP contribution in [0.3, 0.4) is 0 Å². The lowest BCUT2D eigenvalue weighted by Crippen LogP contribution is -3.00. The normalized spacial score (nSPS) is 16.8. The first-order valence-electron chi connectivity index (χ1n) is 15.6. The first-order valence-corrected chi connectivity index (χ1v) is 17.1. The molecular formula is C37H36BrCl3F2N4. The van der Waals surface area contributed by atoms with Crippen molar-refractivity contribution in [1.29, 1.82) is 0 Å². The third-order valence-corrected chi connectivity index (χ3v) is 10.8. The standard InChI is InChI=1S/C20H19ClFN3.C17H16BrClFN.ClH/c21-18-6-5-17(11-19(18)22)20(7-9-23-10-8-20)16-3-1-14(2-4-16)15-12-24-25-13-15;18-14-4-1-12(2-5-14)17(7-9-21-10-8-17)13-3-6-15(19)16(20)11-13;/h1-6,11-13,23H,7-10H2,(H,24,25);1-6,11,21H,7-10H2;1H. The summed E-state index contributed by atoms with van der Waals surface area (Å²) < 4.78 is 29.1. The highest BCUT2D eigenvalue weighted by molar-refractivity contribution is 9.10. The molecule has 2 aliphatic heterocycles. The summed E-state index contributed by atoms with van der Waals surface area (Å²) in [6.07, 6.45) is 7.57. The van der Waals surface area contributed by atoms with E-state index in [4.69, 9.17) is 23.2 Å². The second-order valence-electron chi connectivity index (χ2n) is 12.1. The molecule has 2 aliphatic rings. The Morgan fingerprint density at radius 2 is 1.15 bits per heavy atom. The maximum absolute atomic E-state index is 14.1. The lowest BCUT2D eigenvalue weighted by atomic mass is 9.68. The number of aromatic nitrogens is 2. The number of hydrogen-bond acceptors (Lipinski definition) is 2. The van der Waals surface area contributed by atoms with E-state index in [1.165, 1.54) is 11.1 Å². The number of halogens is 6. The van der Waals surface area contributed by atoms with Crippen molar-refractivity contribution in [1.82, 2.24) is 15.5 Å². The molecule has 0 spiro atoms. The molecule has 0 atom stereocenters. The highest BCUT2D eigenvalue weighted by Crippen LogP contribution is 2.42. The molecule has 2 fully saturated rings. The SMILES string of the molecule is Fc1cc(C2(c3ccc(-c4cn[nH]c4)cc3)CCNCC2)ccc1Cl.Fc1cc(C2(c3ccc(Br)cc3)CC[NH2+]CC2)ccc1Cl.[Cl-]. The fraction of sp³-hybridized carbons (Fsp3) is 0.270. The zero-order valence-electron chi connectivity index (χ0n) is 25.7. The zero-order valence-corrected chi connectivity index (χ0v) is 29.5. The Morgan fingerprint density at radius 3 is 1.64 bits per heavy atom. The van der Waals surface area contributed by atoms with Gasteiger partial charge in [0.2, 0.25) is 0 Å². The maximum Gasteiger partial charge on any atom is 0.142 e. The molecule has 4 N–H and O–H groups in total. The molecule has 10 heteroatoms. The number of benzene rings is 4. The number of nitrogens with two attached hydrogens (primary N) is 1.